The normalized spacial score (nSPS) is 14.4. The van der Waals surface area contributed by atoms with Gasteiger partial charge in [-0.2, -0.15) is 10.1 Å². The Morgan fingerprint density at radius 1 is 1.53 bits per heavy atom. The Balaban J connectivity index is 2.06. The highest BCUT2D eigenvalue weighted by Gasteiger charge is 2.27. The molecule has 0 amide bonds. The minimum absolute atomic E-state index is 0.163. The van der Waals surface area contributed by atoms with Crippen LogP contribution in [0.1, 0.15) is 24.5 Å². The van der Waals surface area contributed by atoms with Gasteiger partial charge in [0.25, 0.3) is 0 Å². The van der Waals surface area contributed by atoms with Crippen LogP contribution >= 0.6 is 0 Å². The number of hydrogen-bond acceptors (Lipinski definition) is 6. The molecular weight excluding hydrogens is 248 g/mol. The number of nitrogens with zero attached hydrogens (tertiary/aromatic N) is 5. The van der Waals surface area contributed by atoms with Crippen LogP contribution in [0.15, 0.2) is 18.5 Å². The summed E-state index contributed by atoms with van der Waals surface area (Å²) in [6.07, 6.45) is 5.14. The van der Waals surface area contributed by atoms with Crippen molar-refractivity contribution in [3.63, 3.8) is 0 Å². The summed E-state index contributed by atoms with van der Waals surface area (Å²) < 4.78 is 1.44. The molecule has 8 heteroatoms. The van der Waals surface area contributed by atoms with Crippen molar-refractivity contribution in [2.45, 2.75) is 18.8 Å². The summed E-state index contributed by atoms with van der Waals surface area (Å²) in [7, 11) is 1.66. The molecule has 1 aliphatic carbocycles. The first kappa shape index (κ1) is 11.6. The lowest BCUT2D eigenvalue weighted by molar-refractivity contribution is -0.385. The zero-order chi connectivity index (χ0) is 13.4. The molecule has 0 aliphatic heterocycles. The van der Waals surface area contributed by atoms with Crippen LogP contribution in [0.3, 0.4) is 0 Å². The third-order valence-electron chi connectivity index (χ3n) is 2.99. The van der Waals surface area contributed by atoms with Crippen molar-refractivity contribution in [1.29, 1.82) is 0 Å². The van der Waals surface area contributed by atoms with Crippen LogP contribution < -0.4 is 5.32 Å². The molecule has 0 saturated heterocycles. The van der Waals surface area contributed by atoms with Crippen molar-refractivity contribution < 1.29 is 4.92 Å². The molecule has 2 aromatic rings. The van der Waals surface area contributed by atoms with Gasteiger partial charge in [-0.3, -0.25) is 10.1 Å². The van der Waals surface area contributed by atoms with Crippen molar-refractivity contribution in [3.05, 3.63) is 34.3 Å². The van der Waals surface area contributed by atoms with E-state index in [2.05, 4.69) is 20.4 Å². The Morgan fingerprint density at radius 2 is 2.32 bits per heavy atom. The van der Waals surface area contributed by atoms with Crippen molar-refractivity contribution in [2.24, 2.45) is 0 Å². The molecule has 0 spiro atoms. The average Bonchev–Trinajstić information content (AvgIpc) is 3.15. The minimum atomic E-state index is -0.507. The Hall–Kier alpha value is -2.51. The number of hydrogen-bond donors (Lipinski definition) is 1. The summed E-state index contributed by atoms with van der Waals surface area (Å²) in [5, 5.41) is 18.1. The van der Waals surface area contributed by atoms with Gasteiger partial charge >= 0.3 is 5.69 Å². The molecule has 0 bridgehead atoms. The van der Waals surface area contributed by atoms with Crippen LogP contribution in [0.25, 0.3) is 5.82 Å². The van der Waals surface area contributed by atoms with E-state index in [0.29, 0.717) is 11.9 Å². The van der Waals surface area contributed by atoms with Crippen molar-refractivity contribution in [2.75, 3.05) is 12.4 Å². The quantitative estimate of drug-likeness (QED) is 0.660. The van der Waals surface area contributed by atoms with Crippen LogP contribution in [-0.4, -0.2) is 31.7 Å². The van der Waals surface area contributed by atoms with Gasteiger partial charge in [0.2, 0.25) is 11.8 Å². The molecule has 8 nitrogen and oxygen atoms in total. The van der Waals surface area contributed by atoms with E-state index >= 15 is 0 Å². The fraction of sp³-hybridized carbons (Fsp3) is 0.364. The molecule has 0 aromatic carbocycles. The van der Waals surface area contributed by atoms with Crippen molar-refractivity contribution in [3.8, 4) is 5.82 Å². The molecule has 2 heterocycles. The molecule has 19 heavy (non-hydrogen) atoms. The summed E-state index contributed by atoms with van der Waals surface area (Å²) in [6.45, 7) is 0. The molecule has 1 N–H and O–H groups in total. The third kappa shape index (κ3) is 2.12. The lowest BCUT2D eigenvalue weighted by atomic mass is 10.3. The number of nitrogens with one attached hydrogen (secondary N) is 1. The summed E-state index contributed by atoms with van der Waals surface area (Å²) in [5.74, 6) is 0.992. The number of nitro groups is 1. The van der Waals surface area contributed by atoms with Gasteiger partial charge in [0.05, 0.1) is 10.6 Å². The zero-order valence-corrected chi connectivity index (χ0v) is 10.3. The maximum absolute atomic E-state index is 11.0. The van der Waals surface area contributed by atoms with E-state index in [1.165, 1.54) is 10.9 Å². The van der Waals surface area contributed by atoms with Crippen molar-refractivity contribution in [1.82, 2.24) is 19.7 Å². The highest BCUT2D eigenvalue weighted by molar-refractivity contribution is 5.48. The van der Waals surface area contributed by atoms with Gasteiger partial charge in [0, 0.05) is 19.2 Å². The first-order valence-electron chi connectivity index (χ1n) is 5.94. The SMILES string of the molecule is CNc1ncc([N+](=O)[O-])c(-n2ccc(C3CC3)n2)n1. The third-order valence-corrected chi connectivity index (χ3v) is 2.99. The van der Waals surface area contributed by atoms with Gasteiger partial charge in [-0.25, -0.2) is 9.67 Å². The predicted octanol–water partition coefficient (Wildman–Crippen LogP) is 1.49. The molecule has 2 aromatic heterocycles. The molecule has 3 rings (SSSR count). The smallest absolute Gasteiger partial charge is 0.332 e. The Morgan fingerprint density at radius 3 is 2.95 bits per heavy atom. The molecule has 0 unspecified atom stereocenters. The van der Waals surface area contributed by atoms with E-state index in [0.717, 1.165) is 18.5 Å². The lowest BCUT2D eigenvalue weighted by Gasteiger charge is -2.04. The van der Waals surface area contributed by atoms with Gasteiger partial charge < -0.3 is 5.32 Å². The summed E-state index contributed by atoms with van der Waals surface area (Å²) >= 11 is 0. The van der Waals surface area contributed by atoms with Gasteiger partial charge in [0.15, 0.2) is 0 Å². The van der Waals surface area contributed by atoms with Gasteiger partial charge in [0.1, 0.15) is 6.20 Å². The van der Waals surface area contributed by atoms with Gasteiger partial charge in [-0.05, 0) is 18.9 Å². The monoisotopic (exact) mass is 260 g/mol. The van der Waals surface area contributed by atoms with E-state index < -0.39 is 4.92 Å². The predicted molar refractivity (Wildman–Crippen MR) is 67.3 cm³/mol. The topological polar surface area (TPSA) is 98.8 Å². The Labute approximate surface area is 108 Å². The van der Waals surface area contributed by atoms with Gasteiger partial charge in [-0.1, -0.05) is 0 Å². The molecule has 98 valence electrons. The molecular formula is C11H12N6O2. The summed E-state index contributed by atoms with van der Waals surface area (Å²) in [4.78, 5) is 18.5. The minimum Gasteiger partial charge on any atom is -0.357 e. The Kier molecular flexibility index (Phi) is 2.62. The van der Waals surface area contributed by atoms with Crippen LogP contribution in [0.5, 0.6) is 0 Å². The van der Waals surface area contributed by atoms with E-state index in [4.69, 9.17) is 0 Å². The Bertz CT molecular complexity index is 634. The van der Waals surface area contributed by atoms with E-state index in [-0.39, 0.29) is 11.5 Å². The van der Waals surface area contributed by atoms with Crippen LogP contribution in [0, 0.1) is 10.1 Å². The summed E-state index contributed by atoms with van der Waals surface area (Å²) in [5.41, 5.74) is 0.795. The largest absolute Gasteiger partial charge is 0.357 e. The number of anilines is 1. The first-order chi connectivity index (χ1) is 9.19. The standard InChI is InChI=1S/C11H12N6O2/c1-12-11-13-6-9(17(18)19)10(14-11)16-5-4-8(15-16)7-2-3-7/h4-7H,2-3H2,1H3,(H,12,13,14). The van der Waals surface area contributed by atoms with E-state index in [9.17, 15) is 10.1 Å². The average molecular weight is 260 g/mol. The summed E-state index contributed by atoms with van der Waals surface area (Å²) in [6, 6.07) is 1.88. The van der Waals surface area contributed by atoms with Crippen molar-refractivity contribution >= 4 is 11.6 Å². The van der Waals surface area contributed by atoms with Crippen LogP contribution in [0.2, 0.25) is 0 Å². The maximum Gasteiger partial charge on any atom is 0.332 e. The first-order valence-corrected chi connectivity index (χ1v) is 5.94. The zero-order valence-electron chi connectivity index (χ0n) is 10.3. The second-order valence-electron chi connectivity index (χ2n) is 4.37. The number of rotatable bonds is 4. The highest BCUT2D eigenvalue weighted by Crippen LogP contribution is 2.39. The molecule has 1 fully saturated rings. The molecule has 1 aliphatic rings. The maximum atomic E-state index is 11.0. The van der Waals surface area contributed by atoms with Gasteiger partial charge in [-0.15, -0.1) is 0 Å². The second-order valence-corrected chi connectivity index (χ2v) is 4.37. The molecule has 0 atom stereocenters. The fourth-order valence-corrected chi connectivity index (χ4v) is 1.84. The fourth-order valence-electron chi connectivity index (χ4n) is 1.84. The van der Waals surface area contributed by atoms with Crippen LogP contribution in [-0.2, 0) is 0 Å². The molecule has 1 saturated carbocycles. The van der Waals surface area contributed by atoms with Crippen LogP contribution in [0.4, 0.5) is 11.6 Å². The lowest BCUT2D eigenvalue weighted by Crippen LogP contribution is -2.07. The second kappa shape index (κ2) is 4.30. The molecule has 0 radical (unpaired) electrons. The highest BCUT2D eigenvalue weighted by atomic mass is 16.6. The van der Waals surface area contributed by atoms with E-state index in [1.807, 2.05) is 6.07 Å². The number of aromatic nitrogens is 4. The van der Waals surface area contributed by atoms with E-state index in [1.54, 1.807) is 13.2 Å².